The van der Waals surface area contributed by atoms with Crippen LogP contribution in [0.4, 0.5) is 5.82 Å². The van der Waals surface area contributed by atoms with Gasteiger partial charge in [-0.25, -0.2) is 4.98 Å². The van der Waals surface area contributed by atoms with Crippen LogP contribution in [0.5, 0.6) is 0 Å². The summed E-state index contributed by atoms with van der Waals surface area (Å²) in [5.74, 6) is 1.47. The monoisotopic (exact) mass is 204 g/mol. The third-order valence-electron chi connectivity index (χ3n) is 2.11. The van der Waals surface area contributed by atoms with Crippen LogP contribution in [0.15, 0.2) is 18.3 Å². The van der Waals surface area contributed by atoms with Crippen LogP contribution >= 0.6 is 0 Å². The van der Waals surface area contributed by atoms with Gasteiger partial charge in [0.2, 0.25) is 0 Å². The number of aromatic amines is 1. The van der Waals surface area contributed by atoms with Gasteiger partial charge in [-0.15, -0.1) is 10.2 Å². The third kappa shape index (κ3) is 2.09. The molecule has 0 aliphatic heterocycles. The molecule has 1 atom stereocenters. The summed E-state index contributed by atoms with van der Waals surface area (Å²) in [5.41, 5.74) is 1.09. The van der Waals surface area contributed by atoms with Gasteiger partial charge in [0, 0.05) is 6.20 Å². The topological polar surface area (TPSA) is 79.4 Å². The van der Waals surface area contributed by atoms with Crippen molar-refractivity contribution >= 4 is 5.82 Å². The van der Waals surface area contributed by atoms with E-state index in [9.17, 15) is 0 Å². The first kappa shape index (κ1) is 9.57. The molecule has 0 aliphatic rings. The molecule has 0 fully saturated rings. The zero-order valence-corrected chi connectivity index (χ0v) is 8.60. The van der Waals surface area contributed by atoms with Gasteiger partial charge in [0.15, 0.2) is 5.82 Å². The number of anilines is 1. The van der Waals surface area contributed by atoms with E-state index in [1.165, 1.54) is 0 Å². The van der Waals surface area contributed by atoms with E-state index in [1.807, 2.05) is 26.0 Å². The van der Waals surface area contributed by atoms with Gasteiger partial charge in [-0.3, -0.25) is 0 Å². The fourth-order valence-electron chi connectivity index (χ4n) is 1.26. The molecule has 1 unspecified atom stereocenters. The third-order valence-corrected chi connectivity index (χ3v) is 2.11. The Hall–Kier alpha value is -1.98. The predicted molar refractivity (Wildman–Crippen MR) is 55.2 cm³/mol. The fraction of sp³-hybridized carbons (Fsp3) is 0.333. The van der Waals surface area contributed by atoms with E-state index < -0.39 is 0 Å². The maximum atomic E-state index is 4.23. The van der Waals surface area contributed by atoms with E-state index in [4.69, 9.17) is 0 Å². The highest BCUT2D eigenvalue weighted by Crippen LogP contribution is 2.16. The van der Waals surface area contributed by atoms with E-state index in [1.54, 1.807) is 6.20 Å². The number of H-pyrrole nitrogens is 1. The molecule has 2 N–H and O–H groups in total. The molecule has 2 aromatic rings. The SMILES string of the molecule is Cc1cccnc1NC(C)c1nn[nH]n1. The predicted octanol–water partition coefficient (Wildman–Crippen LogP) is 1.08. The molecule has 0 saturated carbocycles. The molecule has 0 spiro atoms. The lowest BCUT2D eigenvalue weighted by Gasteiger charge is -2.11. The second kappa shape index (κ2) is 4.04. The molecule has 0 saturated heterocycles. The number of aromatic nitrogens is 5. The van der Waals surface area contributed by atoms with Gasteiger partial charge in [0.1, 0.15) is 5.82 Å². The Labute approximate surface area is 87.1 Å². The van der Waals surface area contributed by atoms with Crippen molar-refractivity contribution in [2.24, 2.45) is 0 Å². The van der Waals surface area contributed by atoms with Crippen molar-refractivity contribution in [3.05, 3.63) is 29.7 Å². The highest BCUT2D eigenvalue weighted by Gasteiger charge is 2.11. The lowest BCUT2D eigenvalue weighted by Crippen LogP contribution is -2.10. The molecule has 0 bridgehead atoms. The van der Waals surface area contributed by atoms with E-state index in [-0.39, 0.29) is 6.04 Å². The summed E-state index contributed by atoms with van der Waals surface area (Å²) < 4.78 is 0. The molecule has 0 amide bonds. The Bertz CT molecular complexity index is 424. The maximum absolute atomic E-state index is 4.23. The summed E-state index contributed by atoms with van der Waals surface area (Å²) in [7, 11) is 0. The summed E-state index contributed by atoms with van der Waals surface area (Å²) in [4.78, 5) is 4.23. The molecule has 0 aliphatic carbocycles. The summed E-state index contributed by atoms with van der Waals surface area (Å²) in [6.45, 7) is 3.96. The first-order chi connectivity index (χ1) is 7.27. The van der Waals surface area contributed by atoms with Crippen molar-refractivity contribution in [3.8, 4) is 0 Å². The van der Waals surface area contributed by atoms with Crippen LogP contribution in [0.25, 0.3) is 0 Å². The van der Waals surface area contributed by atoms with E-state index >= 15 is 0 Å². The minimum atomic E-state index is -0.0163. The fourth-order valence-corrected chi connectivity index (χ4v) is 1.26. The zero-order valence-electron chi connectivity index (χ0n) is 8.60. The van der Waals surface area contributed by atoms with Crippen molar-refractivity contribution in [2.75, 3.05) is 5.32 Å². The van der Waals surface area contributed by atoms with E-state index in [0.29, 0.717) is 5.82 Å². The minimum absolute atomic E-state index is 0.0163. The number of rotatable bonds is 3. The lowest BCUT2D eigenvalue weighted by atomic mass is 10.2. The van der Waals surface area contributed by atoms with E-state index in [0.717, 1.165) is 11.4 Å². The Kier molecular flexibility index (Phi) is 2.57. The molecule has 2 heterocycles. The number of nitrogens with zero attached hydrogens (tertiary/aromatic N) is 4. The summed E-state index contributed by atoms with van der Waals surface area (Å²) in [6, 6.07) is 3.88. The molecule has 6 heteroatoms. The highest BCUT2D eigenvalue weighted by atomic mass is 15.5. The molecular formula is C9H12N6. The maximum Gasteiger partial charge on any atom is 0.196 e. The molecule has 0 aromatic carbocycles. The van der Waals surface area contributed by atoms with Crippen LogP contribution < -0.4 is 5.32 Å². The molecule has 0 radical (unpaired) electrons. The second-order valence-electron chi connectivity index (χ2n) is 3.30. The average molecular weight is 204 g/mol. The first-order valence-electron chi connectivity index (χ1n) is 4.69. The average Bonchev–Trinajstić information content (AvgIpc) is 2.74. The van der Waals surface area contributed by atoms with Crippen molar-refractivity contribution in [1.82, 2.24) is 25.6 Å². The van der Waals surface area contributed by atoms with Crippen LogP contribution in [0.1, 0.15) is 24.4 Å². The van der Waals surface area contributed by atoms with Crippen molar-refractivity contribution in [1.29, 1.82) is 0 Å². The molecule has 2 rings (SSSR count). The van der Waals surface area contributed by atoms with Crippen LogP contribution in [0.2, 0.25) is 0 Å². The first-order valence-corrected chi connectivity index (χ1v) is 4.69. The van der Waals surface area contributed by atoms with Crippen molar-refractivity contribution < 1.29 is 0 Å². The number of tetrazole rings is 1. The Morgan fingerprint density at radius 3 is 3.00 bits per heavy atom. The summed E-state index contributed by atoms with van der Waals surface area (Å²) in [5, 5.41) is 17.0. The zero-order chi connectivity index (χ0) is 10.7. The molecule has 15 heavy (non-hydrogen) atoms. The lowest BCUT2D eigenvalue weighted by molar-refractivity contribution is 0.786. The quantitative estimate of drug-likeness (QED) is 0.782. The number of pyridine rings is 1. The van der Waals surface area contributed by atoms with Gasteiger partial charge in [0.25, 0.3) is 0 Å². The highest BCUT2D eigenvalue weighted by molar-refractivity contribution is 5.43. The van der Waals surface area contributed by atoms with Gasteiger partial charge >= 0.3 is 0 Å². The summed E-state index contributed by atoms with van der Waals surface area (Å²) in [6.07, 6.45) is 1.75. The largest absolute Gasteiger partial charge is 0.360 e. The standard InChI is InChI=1S/C9H12N6/c1-6-4-3-5-10-8(6)11-7(2)9-12-14-15-13-9/h3-5,7H,1-2H3,(H,10,11)(H,12,13,14,15). The van der Waals surface area contributed by atoms with Crippen molar-refractivity contribution in [3.63, 3.8) is 0 Å². The Morgan fingerprint density at radius 1 is 1.47 bits per heavy atom. The molecular weight excluding hydrogens is 192 g/mol. The Morgan fingerprint density at radius 2 is 2.33 bits per heavy atom. The van der Waals surface area contributed by atoms with Gasteiger partial charge < -0.3 is 5.32 Å². The molecule has 6 nitrogen and oxygen atoms in total. The molecule has 2 aromatic heterocycles. The van der Waals surface area contributed by atoms with E-state index in [2.05, 4.69) is 30.9 Å². The van der Waals surface area contributed by atoms with Gasteiger partial charge in [-0.05, 0) is 25.5 Å². The van der Waals surface area contributed by atoms with Gasteiger partial charge in [-0.2, -0.15) is 5.21 Å². The van der Waals surface area contributed by atoms with Crippen LogP contribution in [0.3, 0.4) is 0 Å². The number of nitrogens with one attached hydrogen (secondary N) is 2. The number of hydrogen-bond donors (Lipinski definition) is 2. The molecule has 78 valence electrons. The van der Waals surface area contributed by atoms with Gasteiger partial charge in [0.05, 0.1) is 6.04 Å². The summed E-state index contributed by atoms with van der Waals surface area (Å²) >= 11 is 0. The second-order valence-corrected chi connectivity index (χ2v) is 3.30. The van der Waals surface area contributed by atoms with Crippen LogP contribution in [-0.4, -0.2) is 25.6 Å². The van der Waals surface area contributed by atoms with Crippen LogP contribution in [0, 0.1) is 6.92 Å². The van der Waals surface area contributed by atoms with Crippen LogP contribution in [-0.2, 0) is 0 Å². The Balaban J connectivity index is 2.13. The van der Waals surface area contributed by atoms with Crippen molar-refractivity contribution in [2.45, 2.75) is 19.9 Å². The van der Waals surface area contributed by atoms with Gasteiger partial charge in [-0.1, -0.05) is 11.3 Å². The minimum Gasteiger partial charge on any atom is -0.360 e. The number of hydrogen-bond acceptors (Lipinski definition) is 5. The smallest absolute Gasteiger partial charge is 0.196 e. The normalized spacial score (nSPS) is 12.4. The number of aryl methyl sites for hydroxylation is 1.